The van der Waals surface area contributed by atoms with E-state index < -0.39 is 0 Å². The summed E-state index contributed by atoms with van der Waals surface area (Å²) in [5.74, 6) is 0.697. The van der Waals surface area contributed by atoms with E-state index in [1.54, 1.807) is 11.3 Å². The summed E-state index contributed by atoms with van der Waals surface area (Å²) in [7, 11) is 0. The van der Waals surface area contributed by atoms with Crippen molar-refractivity contribution in [2.24, 2.45) is 0 Å². The van der Waals surface area contributed by atoms with Gasteiger partial charge < -0.3 is 10.6 Å². The number of nitrogen functional groups attached to an aromatic ring is 1. The largest absolute Gasteiger partial charge is 0.375 e. The standard InChI is InChI=1S/C12H21N3S/c1-3-6-15-7-4-10(5-8-15)11-9(2)14-12(13)16-11/h10H,3-8H2,1-2H3,(H2,13,14). The fraction of sp³-hybridized carbons (Fsp3) is 0.750. The molecule has 1 aromatic heterocycles. The number of likely N-dealkylation sites (tertiary alicyclic amines) is 1. The maximum absolute atomic E-state index is 5.76. The third-order valence-corrected chi connectivity index (χ3v) is 4.50. The second-order valence-electron chi connectivity index (χ2n) is 4.62. The van der Waals surface area contributed by atoms with E-state index in [9.17, 15) is 0 Å². The highest BCUT2D eigenvalue weighted by Crippen LogP contribution is 2.34. The zero-order valence-corrected chi connectivity index (χ0v) is 11.0. The van der Waals surface area contributed by atoms with Crippen LogP contribution in [0.2, 0.25) is 0 Å². The van der Waals surface area contributed by atoms with Gasteiger partial charge in [0.15, 0.2) is 5.13 Å². The van der Waals surface area contributed by atoms with Crippen molar-refractivity contribution in [3.63, 3.8) is 0 Å². The van der Waals surface area contributed by atoms with Crippen molar-refractivity contribution < 1.29 is 0 Å². The lowest BCUT2D eigenvalue weighted by Gasteiger charge is -2.31. The molecule has 0 unspecified atom stereocenters. The van der Waals surface area contributed by atoms with Gasteiger partial charge in [-0.05, 0) is 51.7 Å². The first kappa shape index (κ1) is 11.9. The molecule has 2 heterocycles. The van der Waals surface area contributed by atoms with Gasteiger partial charge in [0, 0.05) is 4.88 Å². The van der Waals surface area contributed by atoms with Gasteiger partial charge in [0.05, 0.1) is 5.69 Å². The number of anilines is 1. The van der Waals surface area contributed by atoms with E-state index >= 15 is 0 Å². The SMILES string of the molecule is CCCN1CCC(c2sc(N)nc2C)CC1. The van der Waals surface area contributed by atoms with Crippen LogP contribution >= 0.6 is 11.3 Å². The van der Waals surface area contributed by atoms with Crippen molar-refractivity contribution in [3.8, 4) is 0 Å². The number of nitrogens with zero attached hydrogens (tertiary/aromatic N) is 2. The van der Waals surface area contributed by atoms with E-state index in [2.05, 4.69) is 23.7 Å². The van der Waals surface area contributed by atoms with Gasteiger partial charge >= 0.3 is 0 Å². The van der Waals surface area contributed by atoms with Crippen LogP contribution in [0.5, 0.6) is 0 Å². The van der Waals surface area contributed by atoms with Crippen LogP contribution in [0.4, 0.5) is 5.13 Å². The average Bonchev–Trinajstić information content (AvgIpc) is 2.59. The lowest BCUT2D eigenvalue weighted by atomic mass is 9.94. The van der Waals surface area contributed by atoms with Gasteiger partial charge in [-0.25, -0.2) is 4.98 Å². The van der Waals surface area contributed by atoms with Gasteiger partial charge in [0.2, 0.25) is 0 Å². The van der Waals surface area contributed by atoms with E-state index in [1.807, 2.05) is 0 Å². The maximum atomic E-state index is 5.76. The molecule has 2 N–H and O–H groups in total. The number of aryl methyl sites for hydroxylation is 1. The van der Waals surface area contributed by atoms with Crippen molar-refractivity contribution >= 4 is 16.5 Å². The zero-order valence-electron chi connectivity index (χ0n) is 10.2. The second-order valence-corrected chi connectivity index (χ2v) is 5.68. The zero-order chi connectivity index (χ0) is 11.5. The predicted octanol–water partition coefficient (Wildman–Crippen LogP) is 2.62. The highest BCUT2D eigenvalue weighted by atomic mass is 32.1. The van der Waals surface area contributed by atoms with Gasteiger partial charge in [-0.1, -0.05) is 6.92 Å². The van der Waals surface area contributed by atoms with Crippen LogP contribution < -0.4 is 5.73 Å². The van der Waals surface area contributed by atoms with Gasteiger partial charge in [0.1, 0.15) is 0 Å². The van der Waals surface area contributed by atoms with Crippen molar-refractivity contribution in [1.82, 2.24) is 9.88 Å². The first-order valence-corrected chi connectivity index (χ1v) is 6.97. The van der Waals surface area contributed by atoms with Crippen LogP contribution in [-0.2, 0) is 0 Å². The first-order chi connectivity index (χ1) is 7.70. The number of nitrogens with two attached hydrogens (primary N) is 1. The summed E-state index contributed by atoms with van der Waals surface area (Å²) >= 11 is 1.68. The molecule has 3 nitrogen and oxygen atoms in total. The van der Waals surface area contributed by atoms with Crippen LogP contribution in [0.1, 0.15) is 42.7 Å². The normalized spacial score (nSPS) is 19.1. The van der Waals surface area contributed by atoms with Crippen LogP contribution in [0.15, 0.2) is 0 Å². The fourth-order valence-corrected chi connectivity index (χ4v) is 3.55. The Morgan fingerprint density at radius 2 is 2.12 bits per heavy atom. The lowest BCUT2D eigenvalue weighted by Crippen LogP contribution is -2.33. The van der Waals surface area contributed by atoms with E-state index in [0.29, 0.717) is 5.92 Å². The van der Waals surface area contributed by atoms with E-state index in [1.165, 1.54) is 43.8 Å². The summed E-state index contributed by atoms with van der Waals surface area (Å²) in [4.78, 5) is 8.31. The Morgan fingerprint density at radius 3 is 2.62 bits per heavy atom. The molecule has 2 rings (SSSR count). The summed E-state index contributed by atoms with van der Waals surface area (Å²) in [5, 5.41) is 0.725. The summed E-state index contributed by atoms with van der Waals surface area (Å²) in [5.41, 5.74) is 6.91. The molecule has 1 aromatic rings. The molecule has 1 fully saturated rings. The quantitative estimate of drug-likeness (QED) is 0.881. The highest BCUT2D eigenvalue weighted by molar-refractivity contribution is 7.15. The number of piperidine rings is 1. The molecule has 16 heavy (non-hydrogen) atoms. The second kappa shape index (κ2) is 5.15. The van der Waals surface area contributed by atoms with Crippen molar-refractivity contribution in [1.29, 1.82) is 0 Å². The Labute approximate surface area is 102 Å². The smallest absolute Gasteiger partial charge is 0.180 e. The molecule has 0 saturated carbocycles. The molecular weight excluding hydrogens is 218 g/mol. The molecule has 0 radical (unpaired) electrons. The third-order valence-electron chi connectivity index (χ3n) is 3.35. The molecule has 1 aliphatic rings. The number of hydrogen-bond acceptors (Lipinski definition) is 4. The number of hydrogen-bond donors (Lipinski definition) is 1. The molecule has 1 saturated heterocycles. The molecule has 0 atom stereocenters. The fourth-order valence-electron chi connectivity index (χ4n) is 2.54. The number of aromatic nitrogens is 1. The van der Waals surface area contributed by atoms with Crippen LogP contribution in [-0.4, -0.2) is 29.5 Å². The van der Waals surface area contributed by atoms with E-state index in [0.717, 1.165) is 10.8 Å². The van der Waals surface area contributed by atoms with Gasteiger partial charge in [-0.2, -0.15) is 0 Å². The first-order valence-electron chi connectivity index (χ1n) is 6.16. The molecule has 90 valence electrons. The minimum absolute atomic E-state index is 0.697. The Balaban J connectivity index is 1.96. The predicted molar refractivity (Wildman–Crippen MR) is 70.0 cm³/mol. The van der Waals surface area contributed by atoms with Gasteiger partial charge in [0.25, 0.3) is 0 Å². The number of rotatable bonds is 3. The molecule has 1 aliphatic heterocycles. The van der Waals surface area contributed by atoms with Crippen molar-refractivity contribution in [3.05, 3.63) is 10.6 Å². The topological polar surface area (TPSA) is 42.1 Å². The van der Waals surface area contributed by atoms with Crippen molar-refractivity contribution in [2.45, 2.75) is 39.0 Å². The van der Waals surface area contributed by atoms with E-state index in [4.69, 9.17) is 5.73 Å². The summed E-state index contributed by atoms with van der Waals surface area (Å²) in [6.07, 6.45) is 3.79. The molecular formula is C12H21N3S. The Kier molecular flexibility index (Phi) is 3.82. The third kappa shape index (κ3) is 2.55. The van der Waals surface area contributed by atoms with Gasteiger partial charge in [-0.3, -0.25) is 0 Å². The summed E-state index contributed by atoms with van der Waals surface area (Å²) in [6.45, 7) is 8.04. The minimum Gasteiger partial charge on any atom is -0.375 e. The Bertz CT molecular complexity index is 340. The van der Waals surface area contributed by atoms with Crippen molar-refractivity contribution in [2.75, 3.05) is 25.4 Å². The van der Waals surface area contributed by atoms with Gasteiger partial charge in [-0.15, -0.1) is 11.3 Å². The number of thiazole rings is 1. The summed E-state index contributed by atoms with van der Waals surface area (Å²) < 4.78 is 0. The molecule has 0 aromatic carbocycles. The highest BCUT2D eigenvalue weighted by Gasteiger charge is 2.23. The molecule has 0 bridgehead atoms. The monoisotopic (exact) mass is 239 g/mol. The average molecular weight is 239 g/mol. The molecule has 0 spiro atoms. The molecule has 0 aliphatic carbocycles. The minimum atomic E-state index is 0.697. The Hall–Kier alpha value is -0.610. The molecule has 0 amide bonds. The van der Waals surface area contributed by atoms with Crippen LogP contribution in [0, 0.1) is 6.92 Å². The van der Waals surface area contributed by atoms with E-state index in [-0.39, 0.29) is 0 Å². The van der Waals surface area contributed by atoms with Crippen LogP contribution in [0.3, 0.4) is 0 Å². The summed E-state index contributed by atoms with van der Waals surface area (Å²) in [6, 6.07) is 0. The maximum Gasteiger partial charge on any atom is 0.180 e. The molecule has 4 heteroatoms. The Morgan fingerprint density at radius 1 is 1.44 bits per heavy atom. The lowest BCUT2D eigenvalue weighted by molar-refractivity contribution is 0.213. The van der Waals surface area contributed by atoms with Crippen LogP contribution in [0.25, 0.3) is 0 Å².